The number of amides is 3. The molecule has 0 bridgehead atoms. The molecular formula is C23H33N5O6S. The highest BCUT2D eigenvalue weighted by molar-refractivity contribution is 7.80. The van der Waals surface area contributed by atoms with Gasteiger partial charge in [0.1, 0.15) is 24.2 Å². The largest absolute Gasteiger partial charge is 0.480 e. The van der Waals surface area contributed by atoms with Crippen LogP contribution in [0.15, 0.2) is 30.5 Å². The number of hydrogen-bond donors (Lipinski definition) is 8. The van der Waals surface area contributed by atoms with Gasteiger partial charge in [0.15, 0.2) is 0 Å². The Labute approximate surface area is 208 Å². The first kappa shape index (κ1) is 28.1. The topological polar surface area (TPSA) is 187 Å². The first-order chi connectivity index (χ1) is 16.6. The zero-order valence-electron chi connectivity index (χ0n) is 19.7. The predicted octanol–water partition coefficient (Wildman–Crippen LogP) is -0.455. The van der Waals surface area contributed by atoms with E-state index in [0.717, 1.165) is 16.5 Å². The van der Waals surface area contributed by atoms with Crippen molar-refractivity contribution in [1.82, 2.24) is 20.9 Å². The smallest absolute Gasteiger partial charge is 0.326 e. The molecule has 3 amide bonds. The summed E-state index contributed by atoms with van der Waals surface area (Å²) >= 11 is 4.10. The number of nitrogens with two attached hydrogens (primary N) is 1. The number of aliphatic hydroxyl groups excluding tert-OH is 1. The maximum absolute atomic E-state index is 13.2. The Bertz CT molecular complexity index is 1040. The van der Waals surface area contributed by atoms with Crippen LogP contribution in [0.25, 0.3) is 10.9 Å². The molecule has 4 atom stereocenters. The number of aliphatic hydroxyl groups is 1. The highest BCUT2D eigenvalue weighted by atomic mass is 32.1. The summed E-state index contributed by atoms with van der Waals surface area (Å²) in [5.74, 6) is -3.38. The van der Waals surface area contributed by atoms with Gasteiger partial charge in [0, 0.05) is 29.3 Å². The quantitative estimate of drug-likeness (QED) is 0.169. The molecule has 0 radical (unpaired) electrons. The van der Waals surface area contributed by atoms with Gasteiger partial charge in [0.2, 0.25) is 17.7 Å². The van der Waals surface area contributed by atoms with E-state index in [-0.39, 0.29) is 24.5 Å². The maximum atomic E-state index is 13.2. The van der Waals surface area contributed by atoms with Crippen LogP contribution in [-0.4, -0.2) is 75.4 Å². The lowest BCUT2D eigenvalue weighted by Gasteiger charge is -2.25. The number of para-hydroxylation sites is 1. The number of aromatic amines is 1. The van der Waals surface area contributed by atoms with Gasteiger partial charge in [-0.3, -0.25) is 14.4 Å². The minimum Gasteiger partial charge on any atom is -0.480 e. The van der Waals surface area contributed by atoms with Gasteiger partial charge in [-0.25, -0.2) is 4.79 Å². The van der Waals surface area contributed by atoms with Gasteiger partial charge in [0.25, 0.3) is 0 Å². The molecule has 1 aromatic carbocycles. The summed E-state index contributed by atoms with van der Waals surface area (Å²) in [7, 11) is 0. The number of fused-ring (bicyclic) bond motifs is 1. The Morgan fingerprint density at radius 1 is 1.00 bits per heavy atom. The summed E-state index contributed by atoms with van der Waals surface area (Å²) in [5.41, 5.74) is 7.08. The van der Waals surface area contributed by atoms with Crippen LogP contribution in [0, 0.1) is 5.92 Å². The molecule has 0 aliphatic heterocycles. The Morgan fingerprint density at radius 2 is 1.60 bits per heavy atom. The third-order valence-corrected chi connectivity index (χ3v) is 5.77. The van der Waals surface area contributed by atoms with E-state index < -0.39 is 54.5 Å². The van der Waals surface area contributed by atoms with Crippen molar-refractivity contribution >= 4 is 47.2 Å². The number of carbonyl (C=O) groups is 4. The lowest BCUT2D eigenvalue weighted by Crippen LogP contribution is -2.58. The Hall–Kier alpha value is -3.09. The summed E-state index contributed by atoms with van der Waals surface area (Å²) < 4.78 is 0. The molecule has 12 heteroatoms. The molecule has 0 aliphatic carbocycles. The van der Waals surface area contributed by atoms with Gasteiger partial charge in [-0.2, -0.15) is 12.6 Å². The molecule has 0 fully saturated rings. The van der Waals surface area contributed by atoms with Crippen molar-refractivity contribution < 1.29 is 29.4 Å². The van der Waals surface area contributed by atoms with Gasteiger partial charge in [-0.05, 0) is 24.0 Å². The number of aromatic nitrogens is 1. The molecule has 2 rings (SSSR count). The van der Waals surface area contributed by atoms with Gasteiger partial charge in [-0.1, -0.05) is 32.0 Å². The van der Waals surface area contributed by atoms with E-state index in [2.05, 4.69) is 33.6 Å². The highest BCUT2D eigenvalue weighted by Gasteiger charge is 2.30. The highest BCUT2D eigenvalue weighted by Crippen LogP contribution is 2.19. The second kappa shape index (κ2) is 13.1. The van der Waals surface area contributed by atoms with Crippen LogP contribution < -0.4 is 21.7 Å². The average Bonchev–Trinajstić information content (AvgIpc) is 3.23. The van der Waals surface area contributed by atoms with Crippen LogP contribution in [0.4, 0.5) is 0 Å². The zero-order chi connectivity index (χ0) is 26.1. The summed E-state index contributed by atoms with van der Waals surface area (Å²) in [6.07, 6.45) is 2.00. The Kier molecular flexibility index (Phi) is 10.6. The first-order valence-electron chi connectivity index (χ1n) is 11.2. The molecule has 1 aromatic heterocycles. The van der Waals surface area contributed by atoms with Crippen molar-refractivity contribution in [3.05, 3.63) is 36.0 Å². The monoisotopic (exact) mass is 507 g/mol. The molecule has 35 heavy (non-hydrogen) atoms. The van der Waals surface area contributed by atoms with E-state index in [0.29, 0.717) is 0 Å². The molecule has 4 unspecified atom stereocenters. The number of thiol groups is 1. The number of hydrogen-bond acceptors (Lipinski definition) is 7. The second-order valence-corrected chi connectivity index (χ2v) is 9.05. The van der Waals surface area contributed by atoms with Gasteiger partial charge in [-0.15, -0.1) is 0 Å². The van der Waals surface area contributed by atoms with Crippen LogP contribution >= 0.6 is 12.6 Å². The van der Waals surface area contributed by atoms with E-state index in [4.69, 9.17) is 10.8 Å². The standard InChI is InChI=1S/C23H33N5O6S/c1-12(2)7-18(23(33)34)27-21(31)17(8-13-9-25-16-6-4-3-5-14(13)16)26-22(32)19(11-35)28-20(30)15(24)10-29/h3-6,9,12,15,17-19,25,29,35H,7-8,10-11,24H2,1-2H3,(H,26,32)(H,27,31)(H,28,30)(H,33,34). The Morgan fingerprint density at radius 3 is 2.20 bits per heavy atom. The van der Waals surface area contributed by atoms with Crippen LogP contribution in [0.3, 0.4) is 0 Å². The summed E-state index contributed by atoms with van der Waals surface area (Å²) in [6, 6.07) is 2.81. The fourth-order valence-electron chi connectivity index (χ4n) is 3.52. The number of benzene rings is 1. The number of nitrogens with one attached hydrogen (secondary N) is 4. The number of carbonyl (C=O) groups excluding carboxylic acids is 3. The molecule has 1 heterocycles. The molecule has 8 N–H and O–H groups in total. The van der Waals surface area contributed by atoms with Crippen LogP contribution in [-0.2, 0) is 25.6 Å². The first-order valence-corrected chi connectivity index (χ1v) is 11.9. The molecule has 11 nitrogen and oxygen atoms in total. The van der Waals surface area contributed by atoms with Crippen LogP contribution in [0.2, 0.25) is 0 Å². The fraction of sp³-hybridized carbons (Fsp3) is 0.478. The van der Waals surface area contributed by atoms with Crippen molar-refractivity contribution in [3.8, 4) is 0 Å². The lowest BCUT2D eigenvalue weighted by molar-refractivity contribution is -0.142. The van der Waals surface area contributed by atoms with Gasteiger partial charge in [0.05, 0.1) is 6.61 Å². The number of rotatable bonds is 13. The van der Waals surface area contributed by atoms with E-state index in [1.165, 1.54) is 0 Å². The van der Waals surface area contributed by atoms with E-state index in [1.54, 1.807) is 6.20 Å². The minimum absolute atomic E-state index is 0.0116. The summed E-state index contributed by atoms with van der Waals surface area (Å²) in [6.45, 7) is 3.07. The van der Waals surface area contributed by atoms with Crippen molar-refractivity contribution in [1.29, 1.82) is 0 Å². The number of aliphatic carboxylic acids is 1. The van der Waals surface area contributed by atoms with E-state index in [9.17, 15) is 24.3 Å². The zero-order valence-corrected chi connectivity index (χ0v) is 20.5. The number of H-pyrrole nitrogens is 1. The maximum Gasteiger partial charge on any atom is 0.326 e. The van der Waals surface area contributed by atoms with Crippen molar-refractivity contribution in [2.45, 2.75) is 50.9 Å². The third kappa shape index (κ3) is 7.98. The van der Waals surface area contributed by atoms with Gasteiger partial charge < -0.3 is 36.9 Å². The van der Waals surface area contributed by atoms with Crippen LogP contribution in [0.1, 0.15) is 25.8 Å². The number of carboxylic acids is 1. The normalized spacial score (nSPS) is 14.7. The summed E-state index contributed by atoms with van der Waals surface area (Å²) in [5, 5.41) is 27.0. The average molecular weight is 508 g/mol. The minimum atomic E-state index is -1.22. The second-order valence-electron chi connectivity index (χ2n) is 8.69. The molecule has 0 spiro atoms. The van der Waals surface area contributed by atoms with Crippen molar-refractivity contribution in [2.75, 3.05) is 12.4 Å². The lowest BCUT2D eigenvalue weighted by atomic mass is 10.0. The Balaban J connectivity index is 2.27. The van der Waals surface area contributed by atoms with Gasteiger partial charge >= 0.3 is 5.97 Å². The fourth-order valence-corrected chi connectivity index (χ4v) is 3.78. The van der Waals surface area contributed by atoms with Crippen molar-refractivity contribution in [2.24, 2.45) is 11.7 Å². The number of carboxylic acid groups (broad SMARTS) is 1. The van der Waals surface area contributed by atoms with E-state index in [1.807, 2.05) is 38.1 Å². The molecule has 0 saturated heterocycles. The van der Waals surface area contributed by atoms with Crippen molar-refractivity contribution in [3.63, 3.8) is 0 Å². The summed E-state index contributed by atoms with van der Waals surface area (Å²) in [4.78, 5) is 52.9. The molecular weight excluding hydrogens is 474 g/mol. The van der Waals surface area contributed by atoms with Crippen LogP contribution in [0.5, 0.6) is 0 Å². The molecule has 192 valence electrons. The molecule has 0 saturated carbocycles. The van der Waals surface area contributed by atoms with E-state index >= 15 is 0 Å². The molecule has 0 aliphatic rings. The SMILES string of the molecule is CC(C)CC(NC(=O)C(Cc1c[nH]c2ccccc12)NC(=O)C(CS)NC(=O)C(N)CO)C(=O)O. The predicted molar refractivity (Wildman–Crippen MR) is 134 cm³/mol. The third-order valence-electron chi connectivity index (χ3n) is 5.40. The molecule has 2 aromatic rings.